The Morgan fingerprint density at radius 3 is 2.54 bits per heavy atom. The van der Waals surface area contributed by atoms with Crippen LogP contribution in [0.4, 0.5) is 10.1 Å². The molecule has 1 aromatic carbocycles. The highest BCUT2D eigenvalue weighted by Crippen LogP contribution is 2.34. The van der Waals surface area contributed by atoms with Crippen molar-refractivity contribution in [2.24, 2.45) is 0 Å². The van der Waals surface area contributed by atoms with Crippen LogP contribution in [0.15, 0.2) is 43.0 Å². The zero-order chi connectivity index (χ0) is 23.9. The van der Waals surface area contributed by atoms with Gasteiger partial charge >= 0.3 is 0 Å². The SMILES string of the molecule is COc1cc(F)c2nccc(-c3cnn4cc(N5CCC(N6CCN(C)CC6)CC5)cnc34)c2c1. The van der Waals surface area contributed by atoms with E-state index in [1.807, 2.05) is 29.0 Å². The van der Waals surface area contributed by atoms with E-state index in [4.69, 9.17) is 9.72 Å². The first kappa shape index (κ1) is 22.2. The first-order chi connectivity index (χ1) is 17.1. The molecule has 0 saturated carbocycles. The lowest BCUT2D eigenvalue weighted by molar-refractivity contribution is 0.0982. The van der Waals surface area contributed by atoms with Gasteiger partial charge in [0.15, 0.2) is 11.5 Å². The molecule has 9 heteroatoms. The van der Waals surface area contributed by atoms with E-state index in [0.29, 0.717) is 22.7 Å². The second kappa shape index (κ2) is 9.05. The van der Waals surface area contributed by atoms with Gasteiger partial charge in [0.1, 0.15) is 11.3 Å². The molecule has 182 valence electrons. The highest BCUT2D eigenvalue weighted by Gasteiger charge is 2.27. The highest BCUT2D eigenvalue weighted by atomic mass is 19.1. The van der Waals surface area contributed by atoms with Gasteiger partial charge in [-0.25, -0.2) is 13.9 Å². The predicted octanol–water partition coefficient (Wildman–Crippen LogP) is 3.31. The van der Waals surface area contributed by atoms with E-state index in [1.165, 1.54) is 39.1 Å². The molecule has 0 radical (unpaired) electrons. The van der Waals surface area contributed by atoms with Crippen molar-refractivity contribution >= 4 is 22.2 Å². The molecule has 2 saturated heterocycles. The molecule has 6 rings (SSSR count). The molecule has 0 unspecified atom stereocenters. The van der Waals surface area contributed by atoms with E-state index in [2.05, 4.69) is 31.8 Å². The van der Waals surface area contributed by atoms with E-state index in [0.717, 1.165) is 48.6 Å². The largest absolute Gasteiger partial charge is 0.497 e. The second-order valence-electron chi connectivity index (χ2n) is 9.56. The van der Waals surface area contributed by atoms with Crippen molar-refractivity contribution in [3.05, 3.63) is 48.8 Å². The fraction of sp³-hybridized carbons (Fsp3) is 0.423. The maximum absolute atomic E-state index is 14.6. The summed E-state index contributed by atoms with van der Waals surface area (Å²) in [6.45, 7) is 6.70. The number of methoxy groups -OCH3 is 1. The molecule has 0 atom stereocenters. The van der Waals surface area contributed by atoms with E-state index in [1.54, 1.807) is 12.4 Å². The number of hydrogen-bond acceptors (Lipinski definition) is 7. The fourth-order valence-corrected chi connectivity index (χ4v) is 5.43. The number of nitrogens with zero attached hydrogens (tertiary/aromatic N) is 7. The average Bonchev–Trinajstić information content (AvgIpc) is 3.32. The molecule has 0 bridgehead atoms. The van der Waals surface area contributed by atoms with Gasteiger partial charge in [-0.1, -0.05) is 0 Å². The van der Waals surface area contributed by atoms with Crippen LogP contribution in [0.25, 0.3) is 27.7 Å². The number of hydrogen-bond donors (Lipinski definition) is 0. The summed E-state index contributed by atoms with van der Waals surface area (Å²) in [6, 6.07) is 5.71. The van der Waals surface area contributed by atoms with Crippen LogP contribution in [-0.2, 0) is 0 Å². The number of benzene rings is 1. The van der Waals surface area contributed by atoms with Crippen molar-refractivity contribution in [1.29, 1.82) is 0 Å². The van der Waals surface area contributed by atoms with Gasteiger partial charge in [0.05, 0.1) is 31.4 Å². The van der Waals surface area contributed by atoms with Crippen LogP contribution in [0.5, 0.6) is 5.75 Å². The number of likely N-dealkylation sites (N-methyl/N-ethyl adjacent to an activating group) is 1. The van der Waals surface area contributed by atoms with Gasteiger partial charge < -0.3 is 14.5 Å². The number of rotatable bonds is 4. The monoisotopic (exact) mass is 475 g/mol. The van der Waals surface area contributed by atoms with Crippen molar-refractivity contribution in [3.63, 3.8) is 0 Å². The lowest BCUT2D eigenvalue weighted by atomic mass is 10.0. The molecule has 4 aromatic rings. The van der Waals surface area contributed by atoms with Gasteiger partial charge in [0.25, 0.3) is 0 Å². The zero-order valence-electron chi connectivity index (χ0n) is 20.2. The summed E-state index contributed by atoms with van der Waals surface area (Å²) in [4.78, 5) is 16.5. The van der Waals surface area contributed by atoms with Crippen LogP contribution < -0.4 is 9.64 Å². The molecule has 35 heavy (non-hydrogen) atoms. The molecule has 8 nitrogen and oxygen atoms in total. The lowest BCUT2D eigenvalue weighted by Crippen LogP contribution is -2.52. The maximum atomic E-state index is 14.6. The van der Waals surface area contributed by atoms with E-state index in [9.17, 15) is 4.39 Å². The summed E-state index contributed by atoms with van der Waals surface area (Å²) in [5.74, 6) is 0.0452. The van der Waals surface area contributed by atoms with E-state index >= 15 is 0 Å². The number of pyridine rings is 1. The van der Waals surface area contributed by atoms with Crippen molar-refractivity contribution in [1.82, 2.24) is 29.4 Å². The Hall–Kier alpha value is -3.30. The third-order valence-electron chi connectivity index (χ3n) is 7.52. The number of halogens is 1. The van der Waals surface area contributed by atoms with Crippen molar-refractivity contribution in [3.8, 4) is 16.9 Å². The summed E-state index contributed by atoms with van der Waals surface area (Å²) >= 11 is 0. The van der Waals surface area contributed by atoms with Crippen LogP contribution in [0.2, 0.25) is 0 Å². The van der Waals surface area contributed by atoms with Crippen LogP contribution in [0.3, 0.4) is 0 Å². The number of fused-ring (bicyclic) bond motifs is 2. The Morgan fingerprint density at radius 1 is 0.971 bits per heavy atom. The Labute approximate surface area is 203 Å². The number of anilines is 1. The normalized spacial score (nSPS) is 18.5. The molecule has 2 aliphatic rings. The minimum atomic E-state index is -0.409. The molecule has 0 spiro atoms. The summed E-state index contributed by atoms with van der Waals surface area (Å²) in [5.41, 5.74) is 3.79. The Bertz CT molecular complexity index is 1360. The smallest absolute Gasteiger partial charge is 0.162 e. The maximum Gasteiger partial charge on any atom is 0.162 e. The Balaban J connectivity index is 1.25. The van der Waals surface area contributed by atoms with Crippen molar-refractivity contribution in [2.45, 2.75) is 18.9 Å². The van der Waals surface area contributed by atoms with Crippen molar-refractivity contribution < 1.29 is 9.13 Å². The second-order valence-corrected chi connectivity index (χ2v) is 9.56. The molecular formula is C26H30FN7O. The quantitative estimate of drug-likeness (QED) is 0.449. The van der Waals surface area contributed by atoms with Gasteiger partial charge in [-0.2, -0.15) is 5.10 Å². The summed E-state index contributed by atoms with van der Waals surface area (Å²) in [6.07, 6.45) is 9.73. The number of piperidine rings is 1. The summed E-state index contributed by atoms with van der Waals surface area (Å²) < 4.78 is 21.7. The van der Waals surface area contributed by atoms with Gasteiger partial charge in [-0.3, -0.25) is 9.88 Å². The molecule has 2 fully saturated rings. The van der Waals surface area contributed by atoms with Gasteiger partial charge in [-0.15, -0.1) is 0 Å². The van der Waals surface area contributed by atoms with Gasteiger partial charge in [-0.05, 0) is 37.6 Å². The van der Waals surface area contributed by atoms with Crippen LogP contribution in [0, 0.1) is 5.82 Å². The van der Waals surface area contributed by atoms with Gasteiger partial charge in [0.2, 0.25) is 0 Å². The molecule has 0 N–H and O–H groups in total. The first-order valence-electron chi connectivity index (χ1n) is 12.2. The van der Waals surface area contributed by atoms with Crippen molar-refractivity contribution in [2.75, 3.05) is 58.3 Å². The van der Waals surface area contributed by atoms with Crippen LogP contribution in [0.1, 0.15) is 12.8 Å². The molecule has 3 aromatic heterocycles. The third-order valence-corrected chi connectivity index (χ3v) is 7.52. The van der Waals surface area contributed by atoms with Crippen LogP contribution >= 0.6 is 0 Å². The zero-order valence-corrected chi connectivity index (χ0v) is 20.2. The Kier molecular flexibility index (Phi) is 5.74. The fourth-order valence-electron chi connectivity index (χ4n) is 5.43. The first-order valence-corrected chi connectivity index (χ1v) is 12.2. The minimum Gasteiger partial charge on any atom is -0.497 e. The van der Waals surface area contributed by atoms with Gasteiger partial charge in [0, 0.05) is 68.5 Å². The minimum absolute atomic E-state index is 0.308. The number of piperazine rings is 1. The molecular weight excluding hydrogens is 445 g/mol. The summed E-state index contributed by atoms with van der Waals surface area (Å²) in [7, 11) is 3.74. The average molecular weight is 476 g/mol. The molecule has 5 heterocycles. The predicted molar refractivity (Wildman–Crippen MR) is 135 cm³/mol. The Morgan fingerprint density at radius 2 is 1.77 bits per heavy atom. The molecule has 0 aliphatic carbocycles. The van der Waals surface area contributed by atoms with Crippen LogP contribution in [-0.4, -0.2) is 88.8 Å². The standard InChI is InChI=1S/C26H30FN7O/c1-31-9-11-33(12-10-31)18-4-7-32(8-5-18)19-15-29-26-23(16-30-34(26)17-19)21-3-6-28-25-22(21)13-20(35-2)14-24(25)27/h3,6,13-18H,4-5,7-12H2,1-2H3. The van der Waals surface area contributed by atoms with E-state index in [-0.39, 0.29) is 0 Å². The third kappa shape index (κ3) is 4.08. The number of aromatic nitrogens is 4. The lowest BCUT2D eigenvalue weighted by Gasteiger charge is -2.42. The summed E-state index contributed by atoms with van der Waals surface area (Å²) in [5, 5.41) is 5.26. The molecule has 0 amide bonds. The topological polar surface area (TPSA) is 62.0 Å². The van der Waals surface area contributed by atoms with E-state index < -0.39 is 5.82 Å². The molecule has 2 aliphatic heterocycles. The number of ether oxygens (including phenoxy) is 1. The highest BCUT2D eigenvalue weighted by molar-refractivity contribution is 5.98.